The highest BCUT2D eigenvalue weighted by Gasteiger charge is 2.22. The van der Waals surface area contributed by atoms with Gasteiger partial charge in [0, 0.05) is 6.20 Å². The number of aromatic nitrogens is 1. The van der Waals surface area contributed by atoms with Crippen LogP contribution in [0.5, 0.6) is 0 Å². The zero-order valence-electron chi connectivity index (χ0n) is 8.87. The van der Waals surface area contributed by atoms with E-state index in [1.54, 1.807) is 0 Å². The van der Waals surface area contributed by atoms with Gasteiger partial charge in [0.25, 0.3) is 10.1 Å². The van der Waals surface area contributed by atoms with Gasteiger partial charge >= 0.3 is 0 Å². The molecule has 0 spiro atoms. The summed E-state index contributed by atoms with van der Waals surface area (Å²) in [6, 6.07) is 1.38. The fourth-order valence-electron chi connectivity index (χ4n) is 0.846. The van der Waals surface area contributed by atoms with E-state index in [1.165, 1.54) is 12.3 Å². The SMILES string of the molecule is CC(C)(C)COS(=O)(=O)c1cc[nH]c1Cl. The molecule has 0 aromatic carbocycles. The van der Waals surface area contributed by atoms with E-state index in [4.69, 9.17) is 15.8 Å². The highest BCUT2D eigenvalue weighted by Crippen LogP contribution is 2.23. The summed E-state index contributed by atoms with van der Waals surface area (Å²) in [6.45, 7) is 5.79. The Bertz CT molecular complexity index is 430. The molecule has 0 aliphatic rings. The highest BCUT2D eigenvalue weighted by molar-refractivity contribution is 7.86. The van der Waals surface area contributed by atoms with E-state index in [0.29, 0.717) is 0 Å². The summed E-state index contributed by atoms with van der Waals surface area (Å²) in [5.41, 5.74) is -0.212. The van der Waals surface area contributed by atoms with E-state index < -0.39 is 10.1 Å². The molecule has 15 heavy (non-hydrogen) atoms. The van der Waals surface area contributed by atoms with Gasteiger partial charge < -0.3 is 4.98 Å². The molecule has 0 aliphatic carbocycles. The first kappa shape index (κ1) is 12.5. The van der Waals surface area contributed by atoms with Crippen molar-refractivity contribution in [1.29, 1.82) is 0 Å². The Morgan fingerprint density at radius 3 is 2.47 bits per heavy atom. The monoisotopic (exact) mass is 251 g/mol. The van der Waals surface area contributed by atoms with Crippen molar-refractivity contribution in [2.75, 3.05) is 6.61 Å². The number of hydrogen-bond donors (Lipinski definition) is 1. The predicted octanol–water partition coefficient (Wildman–Crippen LogP) is 2.42. The van der Waals surface area contributed by atoms with Crippen LogP contribution in [-0.2, 0) is 14.3 Å². The summed E-state index contributed by atoms with van der Waals surface area (Å²) in [5, 5.41) is 0.0731. The van der Waals surface area contributed by atoms with Crippen LogP contribution in [-0.4, -0.2) is 20.0 Å². The smallest absolute Gasteiger partial charge is 0.300 e. The van der Waals surface area contributed by atoms with Crippen molar-refractivity contribution in [3.63, 3.8) is 0 Å². The molecule has 1 aromatic heterocycles. The molecule has 0 amide bonds. The van der Waals surface area contributed by atoms with Crippen LogP contribution in [0.25, 0.3) is 0 Å². The third-order valence-corrected chi connectivity index (χ3v) is 3.31. The summed E-state index contributed by atoms with van der Waals surface area (Å²) in [7, 11) is -3.74. The molecule has 1 heterocycles. The molecule has 4 nitrogen and oxygen atoms in total. The van der Waals surface area contributed by atoms with Gasteiger partial charge in [-0.3, -0.25) is 4.18 Å². The lowest BCUT2D eigenvalue weighted by molar-refractivity contribution is 0.203. The molecule has 0 bridgehead atoms. The number of nitrogens with one attached hydrogen (secondary N) is 1. The summed E-state index contributed by atoms with van der Waals surface area (Å²) < 4.78 is 28.2. The van der Waals surface area contributed by atoms with Crippen LogP contribution in [0.15, 0.2) is 17.2 Å². The van der Waals surface area contributed by atoms with Crippen molar-refractivity contribution in [3.8, 4) is 0 Å². The van der Waals surface area contributed by atoms with Crippen molar-refractivity contribution in [2.45, 2.75) is 25.7 Å². The van der Waals surface area contributed by atoms with E-state index in [2.05, 4.69) is 4.98 Å². The maximum Gasteiger partial charge on any atom is 0.300 e. The van der Waals surface area contributed by atoms with Gasteiger partial charge in [-0.05, 0) is 11.5 Å². The fourth-order valence-corrected chi connectivity index (χ4v) is 2.40. The second-order valence-corrected chi connectivity index (χ2v) is 6.39. The van der Waals surface area contributed by atoms with Crippen molar-refractivity contribution in [3.05, 3.63) is 17.4 Å². The first-order valence-electron chi connectivity index (χ1n) is 4.45. The first-order valence-corrected chi connectivity index (χ1v) is 6.23. The summed E-state index contributed by atoms with van der Waals surface area (Å²) in [5.74, 6) is 0. The largest absolute Gasteiger partial charge is 0.351 e. The molecule has 86 valence electrons. The average molecular weight is 252 g/mol. The van der Waals surface area contributed by atoms with E-state index in [-0.39, 0.29) is 22.1 Å². The Kier molecular flexibility index (Phi) is 3.48. The summed E-state index contributed by atoms with van der Waals surface area (Å²) in [4.78, 5) is 2.56. The Balaban J connectivity index is 2.82. The Labute approximate surface area is 94.7 Å². The number of rotatable bonds is 3. The van der Waals surface area contributed by atoms with Gasteiger partial charge in [0.2, 0.25) is 0 Å². The second kappa shape index (κ2) is 4.15. The van der Waals surface area contributed by atoms with Crippen LogP contribution >= 0.6 is 11.6 Å². The number of hydrogen-bond acceptors (Lipinski definition) is 3. The van der Waals surface area contributed by atoms with Crippen molar-refractivity contribution < 1.29 is 12.6 Å². The molecular formula is C9H14ClNO3S. The molecule has 1 rings (SSSR count). The third kappa shape index (κ3) is 3.52. The van der Waals surface area contributed by atoms with Crippen molar-refractivity contribution >= 4 is 21.7 Å². The molecule has 1 aromatic rings. The van der Waals surface area contributed by atoms with Crippen molar-refractivity contribution in [1.82, 2.24) is 4.98 Å². The molecule has 0 atom stereocenters. The zero-order valence-corrected chi connectivity index (χ0v) is 10.4. The minimum atomic E-state index is -3.74. The van der Waals surface area contributed by atoms with Gasteiger partial charge in [-0.2, -0.15) is 8.42 Å². The summed E-state index contributed by atoms with van der Waals surface area (Å²) >= 11 is 5.66. The maximum absolute atomic E-state index is 11.6. The number of aromatic amines is 1. The molecule has 1 N–H and O–H groups in total. The molecule has 0 saturated heterocycles. The summed E-state index contributed by atoms with van der Waals surface area (Å²) in [6.07, 6.45) is 1.45. The van der Waals surface area contributed by atoms with Crippen LogP contribution in [0.1, 0.15) is 20.8 Å². The lowest BCUT2D eigenvalue weighted by Crippen LogP contribution is -2.18. The first-order chi connectivity index (χ1) is 6.72. The normalized spacial score (nSPS) is 13.1. The predicted molar refractivity (Wildman–Crippen MR) is 58.4 cm³/mol. The van der Waals surface area contributed by atoms with E-state index in [1.807, 2.05) is 20.8 Å². The van der Waals surface area contributed by atoms with Gasteiger partial charge in [-0.25, -0.2) is 0 Å². The van der Waals surface area contributed by atoms with Crippen LogP contribution in [0, 0.1) is 5.41 Å². The van der Waals surface area contributed by atoms with Gasteiger partial charge in [0.15, 0.2) is 0 Å². The molecule has 0 saturated carbocycles. The van der Waals surface area contributed by atoms with Crippen LogP contribution < -0.4 is 0 Å². The van der Waals surface area contributed by atoms with E-state index in [0.717, 1.165) is 0 Å². The molecule has 0 radical (unpaired) electrons. The quantitative estimate of drug-likeness (QED) is 0.840. The maximum atomic E-state index is 11.6. The molecule has 6 heteroatoms. The van der Waals surface area contributed by atoms with E-state index >= 15 is 0 Å². The highest BCUT2D eigenvalue weighted by atomic mass is 35.5. The second-order valence-electron chi connectivity index (χ2n) is 4.43. The molecule has 0 aliphatic heterocycles. The lowest BCUT2D eigenvalue weighted by Gasteiger charge is -2.17. The zero-order chi connectivity index (χ0) is 11.7. The average Bonchev–Trinajstić information content (AvgIpc) is 2.47. The molecular weight excluding hydrogens is 238 g/mol. The topological polar surface area (TPSA) is 59.2 Å². The number of halogens is 1. The third-order valence-electron chi connectivity index (χ3n) is 1.58. The van der Waals surface area contributed by atoms with Gasteiger partial charge in [-0.1, -0.05) is 32.4 Å². The van der Waals surface area contributed by atoms with Gasteiger partial charge in [0.1, 0.15) is 10.0 Å². The fraction of sp³-hybridized carbons (Fsp3) is 0.556. The molecule has 0 unspecified atom stereocenters. The van der Waals surface area contributed by atoms with Crippen molar-refractivity contribution in [2.24, 2.45) is 5.41 Å². The molecule has 0 fully saturated rings. The van der Waals surface area contributed by atoms with E-state index in [9.17, 15) is 8.42 Å². The van der Waals surface area contributed by atoms with Gasteiger partial charge in [0.05, 0.1) is 6.61 Å². The standard InChI is InChI=1S/C9H14ClNO3S/c1-9(2,3)6-14-15(12,13)7-4-5-11-8(7)10/h4-5,11H,6H2,1-3H3. The lowest BCUT2D eigenvalue weighted by atomic mass is 9.99. The number of H-pyrrole nitrogens is 1. The van der Waals surface area contributed by atoms with Crippen LogP contribution in [0.2, 0.25) is 5.15 Å². The Hall–Kier alpha value is -0.520. The van der Waals surface area contributed by atoms with Crippen LogP contribution in [0.4, 0.5) is 0 Å². The minimum Gasteiger partial charge on any atom is -0.351 e. The van der Waals surface area contributed by atoms with Crippen LogP contribution in [0.3, 0.4) is 0 Å². The Morgan fingerprint density at radius 1 is 1.47 bits per heavy atom. The van der Waals surface area contributed by atoms with Gasteiger partial charge in [-0.15, -0.1) is 0 Å². The minimum absolute atomic E-state index is 0.0200. The Morgan fingerprint density at radius 2 is 2.07 bits per heavy atom.